The number of carbonyl (C=O) groups excluding carboxylic acids is 1. The second kappa shape index (κ2) is 5.96. The topological polar surface area (TPSA) is 55.6 Å². The Morgan fingerprint density at radius 2 is 2.00 bits per heavy atom. The normalized spacial score (nSPS) is 22.7. The maximum atomic E-state index is 11.8. The lowest BCUT2D eigenvalue weighted by molar-refractivity contribution is 0.0602. The lowest BCUT2D eigenvalue weighted by Gasteiger charge is -2.31. The van der Waals surface area contributed by atoms with E-state index in [1.807, 2.05) is 18.2 Å². The third-order valence-corrected chi connectivity index (χ3v) is 5.02. The van der Waals surface area contributed by atoms with Crippen molar-refractivity contribution < 1.29 is 9.53 Å². The second-order valence-corrected chi connectivity index (χ2v) is 6.21. The Bertz CT molecular complexity index is 524. The molecule has 1 saturated carbocycles. The summed E-state index contributed by atoms with van der Waals surface area (Å²) in [6.45, 7) is 1.08. The summed E-state index contributed by atoms with van der Waals surface area (Å²) in [4.78, 5) is 14.3. The molecule has 0 aromatic heterocycles. The SMILES string of the molecule is COC(=O)c1cc(N2CCCC2C2CCCC2)ccc1N. The van der Waals surface area contributed by atoms with E-state index in [1.54, 1.807) is 0 Å². The quantitative estimate of drug-likeness (QED) is 0.685. The van der Waals surface area contributed by atoms with Crippen LogP contribution in [0.1, 0.15) is 48.9 Å². The maximum absolute atomic E-state index is 11.8. The van der Waals surface area contributed by atoms with Crippen LogP contribution in [0, 0.1) is 5.92 Å². The van der Waals surface area contributed by atoms with E-state index >= 15 is 0 Å². The summed E-state index contributed by atoms with van der Waals surface area (Å²) in [5.74, 6) is 0.456. The largest absolute Gasteiger partial charge is 0.465 e. The summed E-state index contributed by atoms with van der Waals surface area (Å²) < 4.78 is 4.82. The Balaban J connectivity index is 1.86. The van der Waals surface area contributed by atoms with Crippen LogP contribution in [-0.2, 0) is 4.74 Å². The minimum atomic E-state index is -0.356. The van der Waals surface area contributed by atoms with E-state index in [0.717, 1.165) is 18.2 Å². The standard InChI is InChI=1S/C17H24N2O2/c1-21-17(20)14-11-13(8-9-15(14)18)19-10-4-7-16(19)12-5-2-3-6-12/h8-9,11-12,16H,2-7,10,18H2,1H3. The smallest absolute Gasteiger partial charge is 0.340 e. The zero-order chi connectivity index (χ0) is 14.8. The molecule has 0 radical (unpaired) electrons. The maximum Gasteiger partial charge on any atom is 0.340 e. The van der Waals surface area contributed by atoms with Gasteiger partial charge in [-0.05, 0) is 49.8 Å². The van der Waals surface area contributed by atoms with Crippen molar-refractivity contribution in [3.8, 4) is 0 Å². The molecular weight excluding hydrogens is 264 g/mol. The molecule has 1 atom stereocenters. The van der Waals surface area contributed by atoms with Gasteiger partial charge < -0.3 is 15.4 Å². The van der Waals surface area contributed by atoms with Crippen LogP contribution >= 0.6 is 0 Å². The fourth-order valence-corrected chi connectivity index (χ4v) is 3.96. The minimum Gasteiger partial charge on any atom is -0.465 e. The van der Waals surface area contributed by atoms with E-state index in [1.165, 1.54) is 45.6 Å². The molecule has 3 rings (SSSR count). The highest BCUT2D eigenvalue weighted by Gasteiger charge is 2.33. The Kier molecular flexibility index (Phi) is 4.04. The number of benzene rings is 1. The van der Waals surface area contributed by atoms with Gasteiger partial charge in [-0.3, -0.25) is 0 Å². The first-order chi connectivity index (χ1) is 10.2. The lowest BCUT2D eigenvalue weighted by Crippen LogP contribution is -2.34. The molecule has 1 aromatic carbocycles. The van der Waals surface area contributed by atoms with Gasteiger partial charge in [0.05, 0.1) is 12.7 Å². The van der Waals surface area contributed by atoms with Gasteiger partial charge in [0, 0.05) is 24.0 Å². The molecule has 2 aliphatic rings. The summed E-state index contributed by atoms with van der Waals surface area (Å²) in [7, 11) is 1.39. The first-order valence-electron chi connectivity index (χ1n) is 7.95. The number of ether oxygens (including phenoxy) is 1. The van der Waals surface area contributed by atoms with Crippen LogP contribution in [0.25, 0.3) is 0 Å². The second-order valence-electron chi connectivity index (χ2n) is 6.21. The Labute approximate surface area is 126 Å². The van der Waals surface area contributed by atoms with Crippen LogP contribution < -0.4 is 10.6 Å². The molecule has 0 spiro atoms. The number of esters is 1. The highest BCUT2D eigenvalue weighted by molar-refractivity contribution is 5.96. The molecule has 2 fully saturated rings. The van der Waals surface area contributed by atoms with E-state index in [0.29, 0.717) is 17.3 Å². The molecule has 2 N–H and O–H groups in total. The Morgan fingerprint density at radius 1 is 1.24 bits per heavy atom. The molecule has 0 bridgehead atoms. The molecule has 1 unspecified atom stereocenters. The van der Waals surface area contributed by atoms with E-state index in [2.05, 4.69) is 4.90 Å². The molecular formula is C17H24N2O2. The third-order valence-electron chi connectivity index (χ3n) is 5.02. The van der Waals surface area contributed by atoms with Gasteiger partial charge in [-0.2, -0.15) is 0 Å². The number of hydrogen-bond acceptors (Lipinski definition) is 4. The molecule has 1 heterocycles. The predicted octanol–water partition coefficient (Wildman–Crippen LogP) is 3.21. The number of rotatable bonds is 3. The number of methoxy groups -OCH3 is 1. The highest BCUT2D eigenvalue weighted by Crippen LogP contribution is 2.38. The van der Waals surface area contributed by atoms with E-state index < -0.39 is 0 Å². The molecule has 21 heavy (non-hydrogen) atoms. The van der Waals surface area contributed by atoms with Gasteiger partial charge >= 0.3 is 5.97 Å². The van der Waals surface area contributed by atoms with Gasteiger partial charge in [0.25, 0.3) is 0 Å². The number of anilines is 2. The fourth-order valence-electron chi connectivity index (χ4n) is 3.96. The van der Waals surface area contributed by atoms with Crippen LogP contribution in [0.2, 0.25) is 0 Å². The van der Waals surface area contributed by atoms with Gasteiger partial charge in [-0.25, -0.2) is 4.79 Å². The predicted molar refractivity (Wildman–Crippen MR) is 84.5 cm³/mol. The van der Waals surface area contributed by atoms with E-state index in [9.17, 15) is 4.79 Å². The average Bonchev–Trinajstić information content (AvgIpc) is 3.17. The summed E-state index contributed by atoms with van der Waals surface area (Å²) in [6, 6.07) is 6.39. The molecule has 4 heteroatoms. The summed E-state index contributed by atoms with van der Waals surface area (Å²) in [6.07, 6.45) is 7.93. The van der Waals surface area contributed by atoms with Gasteiger partial charge in [0.1, 0.15) is 0 Å². The first-order valence-corrected chi connectivity index (χ1v) is 7.95. The zero-order valence-corrected chi connectivity index (χ0v) is 12.7. The number of nitrogen functional groups attached to an aromatic ring is 1. The van der Waals surface area contributed by atoms with Crippen LogP contribution in [0.15, 0.2) is 18.2 Å². The van der Waals surface area contributed by atoms with Crippen LogP contribution in [0.4, 0.5) is 11.4 Å². The van der Waals surface area contributed by atoms with Crippen molar-refractivity contribution in [2.45, 2.75) is 44.6 Å². The molecule has 0 amide bonds. The number of hydrogen-bond donors (Lipinski definition) is 1. The molecule has 114 valence electrons. The fraction of sp³-hybridized carbons (Fsp3) is 0.588. The van der Waals surface area contributed by atoms with Gasteiger partial charge in [0.2, 0.25) is 0 Å². The number of carbonyl (C=O) groups is 1. The van der Waals surface area contributed by atoms with Gasteiger partial charge in [-0.1, -0.05) is 12.8 Å². The molecule has 1 aliphatic carbocycles. The van der Waals surface area contributed by atoms with Crippen molar-refractivity contribution in [2.24, 2.45) is 5.92 Å². The van der Waals surface area contributed by atoms with Gasteiger partial charge in [0.15, 0.2) is 0 Å². The first kappa shape index (κ1) is 14.2. The van der Waals surface area contributed by atoms with Crippen LogP contribution in [0.5, 0.6) is 0 Å². The van der Waals surface area contributed by atoms with Crippen molar-refractivity contribution in [3.63, 3.8) is 0 Å². The molecule has 4 nitrogen and oxygen atoms in total. The number of nitrogens with zero attached hydrogens (tertiary/aromatic N) is 1. The zero-order valence-electron chi connectivity index (χ0n) is 12.7. The molecule has 1 saturated heterocycles. The van der Waals surface area contributed by atoms with E-state index in [4.69, 9.17) is 10.5 Å². The van der Waals surface area contributed by atoms with Crippen molar-refractivity contribution in [1.82, 2.24) is 0 Å². The van der Waals surface area contributed by atoms with Crippen molar-refractivity contribution in [1.29, 1.82) is 0 Å². The van der Waals surface area contributed by atoms with Crippen molar-refractivity contribution >= 4 is 17.3 Å². The lowest BCUT2D eigenvalue weighted by atomic mass is 9.95. The van der Waals surface area contributed by atoms with E-state index in [-0.39, 0.29) is 5.97 Å². The Hall–Kier alpha value is -1.71. The summed E-state index contributed by atoms with van der Waals surface area (Å²) in [5.41, 5.74) is 7.98. The van der Waals surface area contributed by atoms with Crippen LogP contribution in [0.3, 0.4) is 0 Å². The Morgan fingerprint density at radius 3 is 2.71 bits per heavy atom. The summed E-state index contributed by atoms with van der Waals surface area (Å²) >= 11 is 0. The van der Waals surface area contributed by atoms with Crippen LogP contribution in [-0.4, -0.2) is 25.7 Å². The number of nitrogens with two attached hydrogens (primary N) is 1. The van der Waals surface area contributed by atoms with Crippen molar-refractivity contribution in [2.75, 3.05) is 24.3 Å². The molecule has 1 aromatic rings. The average molecular weight is 288 g/mol. The van der Waals surface area contributed by atoms with Gasteiger partial charge in [-0.15, -0.1) is 0 Å². The summed E-state index contributed by atoms with van der Waals surface area (Å²) in [5, 5.41) is 0. The monoisotopic (exact) mass is 288 g/mol. The molecule has 1 aliphatic heterocycles. The van der Waals surface area contributed by atoms with Crippen molar-refractivity contribution in [3.05, 3.63) is 23.8 Å². The third kappa shape index (κ3) is 2.71. The highest BCUT2D eigenvalue weighted by atomic mass is 16.5. The minimum absolute atomic E-state index is 0.356.